The number of hydrogen-bond donors (Lipinski definition) is 0. The van der Waals surface area contributed by atoms with Crippen LogP contribution in [-0.2, 0) is 6.42 Å². The van der Waals surface area contributed by atoms with Gasteiger partial charge in [0.15, 0.2) is 0 Å². The van der Waals surface area contributed by atoms with Crippen molar-refractivity contribution in [3.05, 3.63) is 53.3 Å². The molecule has 1 aromatic carbocycles. The van der Waals surface area contributed by atoms with Crippen LogP contribution in [0, 0.1) is 6.92 Å². The Morgan fingerprint density at radius 3 is 2.86 bits per heavy atom. The maximum absolute atomic E-state index is 4.33. The van der Waals surface area contributed by atoms with Gasteiger partial charge in [-0.25, -0.2) is 0 Å². The Kier molecular flexibility index (Phi) is 1.48. The van der Waals surface area contributed by atoms with E-state index < -0.39 is 0 Å². The van der Waals surface area contributed by atoms with Crippen molar-refractivity contribution in [3.63, 3.8) is 0 Å². The maximum atomic E-state index is 4.33. The summed E-state index contributed by atoms with van der Waals surface area (Å²) in [7, 11) is 0. The van der Waals surface area contributed by atoms with Crippen LogP contribution < -0.4 is 0 Å². The Balaban J connectivity index is 2.33. The smallest absolute Gasteiger partial charge is 0.0414 e. The molecule has 0 fully saturated rings. The Morgan fingerprint density at radius 1 is 1.07 bits per heavy atom. The monoisotopic (exact) mass is 181 g/mol. The number of fused-ring (bicyclic) bond motifs is 3. The van der Waals surface area contributed by atoms with Gasteiger partial charge in [0, 0.05) is 18.3 Å². The van der Waals surface area contributed by atoms with Gasteiger partial charge in [-0.15, -0.1) is 0 Å². The largest absolute Gasteiger partial charge is 0.261 e. The van der Waals surface area contributed by atoms with Crippen LogP contribution in [0.5, 0.6) is 0 Å². The van der Waals surface area contributed by atoms with E-state index in [0.717, 1.165) is 6.42 Å². The molecule has 0 unspecified atom stereocenters. The third kappa shape index (κ3) is 0.925. The van der Waals surface area contributed by atoms with Gasteiger partial charge in [-0.3, -0.25) is 4.98 Å². The van der Waals surface area contributed by atoms with Crippen molar-refractivity contribution in [1.82, 2.24) is 4.98 Å². The number of rotatable bonds is 0. The fourth-order valence-electron chi connectivity index (χ4n) is 2.20. The highest BCUT2D eigenvalue weighted by molar-refractivity contribution is 5.76. The normalized spacial score (nSPS) is 12.4. The van der Waals surface area contributed by atoms with Gasteiger partial charge in [-0.05, 0) is 35.2 Å². The summed E-state index contributed by atoms with van der Waals surface area (Å²) in [5.74, 6) is 0. The molecule has 2 aromatic rings. The van der Waals surface area contributed by atoms with Crippen LogP contribution in [0.3, 0.4) is 0 Å². The van der Waals surface area contributed by atoms with Crippen molar-refractivity contribution >= 4 is 0 Å². The minimum Gasteiger partial charge on any atom is -0.261 e. The van der Waals surface area contributed by atoms with Gasteiger partial charge in [0.1, 0.15) is 0 Å². The fourth-order valence-corrected chi connectivity index (χ4v) is 2.20. The topological polar surface area (TPSA) is 12.9 Å². The molecule has 0 saturated carbocycles. The average molecular weight is 181 g/mol. The van der Waals surface area contributed by atoms with Crippen molar-refractivity contribution in [2.24, 2.45) is 0 Å². The lowest BCUT2D eigenvalue weighted by molar-refractivity contribution is 1.11. The van der Waals surface area contributed by atoms with E-state index >= 15 is 0 Å². The van der Waals surface area contributed by atoms with Crippen LogP contribution in [0.25, 0.3) is 11.1 Å². The molecule has 1 aromatic heterocycles. The van der Waals surface area contributed by atoms with Crippen molar-refractivity contribution in [2.45, 2.75) is 13.3 Å². The van der Waals surface area contributed by atoms with Crippen LogP contribution in [0.2, 0.25) is 0 Å². The highest BCUT2D eigenvalue weighted by atomic mass is 14.7. The van der Waals surface area contributed by atoms with E-state index in [1.54, 1.807) is 0 Å². The van der Waals surface area contributed by atoms with Gasteiger partial charge in [-0.1, -0.05) is 24.3 Å². The van der Waals surface area contributed by atoms with Crippen molar-refractivity contribution < 1.29 is 0 Å². The summed E-state index contributed by atoms with van der Waals surface area (Å²) in [4.78, 5) is 4.33. The number of nitrogens with zero attached hydrogens (tertiary/aromatic N) is 1. The molecule has 1 heteroatoms. The highest BCUT2D eigenvalue weighted by Crippen LogP contribution is 2.36. The summed E-state index contributed by atoms with van der Waals surface area (Å²) in [5, 5.41) is 0. The quantitative estimate of drug-likeness (QED) is 0.519. The van der Waals surface area contributed by atoms with E-state index in [-0.39, 0.29) is 0 Å². The number of pyridine rings is 1. The van der Waals surface area contributed by atoms with Crippen molar-refractivity contribution in [1.29, 1.82) is 0 Å². The molecular formula is C13H11N. The Hall–Kier alpha value is -1.63. The molecule has 0 atom stereocenters. The summed E-state index contributed by atoms with van der Waals surface area (Å²) in [6, 6.07) is 10.7. The van der Waals surface area contributed by atoms with Gasteiger partial charge in [0.2, 0.25) is 0 Å². The number of hydrogen-bond acceptors (Lipinski definition) is 1. The first-order valence-corrected chi connectivity index (χ1v) is 4.89. The van der Waals surface area contributed by atoms with E-state index in [4.69, 9.17) is 0 Å². The first kappa shape index (κ1) is 7.74. The fraction of sp³-hybridized carbons (Fsp3) is 0.154. The molecule has 1 aliphatic carbocycles. The minimum atomic E-state index is 1.05. The highest BCUT2D eigenvalue weighted by Gasteiger charge is 2.18. The SMILES string of the molecule is Cc1nccc2c1Cc1ccccc1-2. The molecule has 68 valence electrons. The lowest BCUT2D eigenvalue weighted by Gasteiger charge is -2.01. The third-order valence-corrected chi connectivity index (χ3v) is 2.95. The molecule has 1 aliphatic rings. The summed E-state index contributed by atoms with van der Waals surface area (Å²) in [6.07, 6.45) is 2.95. The Labute approximate surface area is 83.4 Å². The van der Waals surface area contributed by atoms with Crippen LogP contribution >= 0.6 is 0 Å². The zero-order chi connectivity index (χ0) is 9.54. The molecule has 3 rings (SSSR count). The predicted molar refractivity (Wildman–Crippen MR) is 57.2 cm³/mol. The molecular weight excluding hydrogens is 170 g/mol. The van der Waals surface area contributed by atoms with Gasteiger partial charge < -0.3 is 0 Å². The number of aromatic nitrogens is 1. The van der Waals surface area contributed by atoms with Crippen LogP contribution in [0.4, 0.5) is 0 Å². The maximum Gasteiger partial charge on any atom is 0.0414 e. The zero-order valence-corrected chi connectivity index (χ0v) is 8.12. The van der Waals surface area contributed by atoms with E-state index in [0.29, 0.717) is 0 Å². The summed E-state index contributed by atoms with van der Waals surface area (Å²) < 4.78 is 0. The lowest BCUT2D eigenvalue weighted by atomic mass is 10.1. The first-order chi connectivity index (χ1) is 6.86. The summed E-state index contributed by atoms with van der Waals surface area (Å²) >= 11 is 0. The molecule has 1 heterocycles. The molecule has 0 N–H and O–H groups in total. The second-order valence-electron chi connectivity index (χ2n) is 3.76. The standard InChI is InChI=1S/C13H11N/c1-9-13-8-10-4-2-3-5-11(10)12(13)6-7-14-9/h2-7H,8H2,1H3. The number of benzene rings is 1. The first-order valence-electron chi connectivity index (χ1n) is 4.89. The van der Waals surface area contributed by atoms with Crippen LogP contribution in [-0.4, -0.2) is 4.98 Å². The van der Waals surface area contributed by atoms with Crippen molar-refractivity contribution in [3.8, 4) is 11.1 Å². The van der Waals surface area contributed by atoms with Crippen LogP contribution in [0.1, 0.15) is 16.8 Å². The third-order valence-electron chi connectivity index (χ3n) is 2.95. The Bertz CT molecular complexity index is 500. The van der Waals surface area contributed by atoms with Gasteiger partial charge in [0.05, 0.1) is 0 Å². The summed E-state index contributed by atoms with van der Waals surface area (Å²) in [5.41, 5.74) is 6.74. The van der Waals surface area contributed by atoms with E-state index in [1.165, 1.54) is 27.9 Å². The van der Waals surface area contributed by atoms with Gasteiger partial charge in [0.25, 0.3) is 0 Å². The molecule has 14 heavy (non-hydrogen) atoms. The number of aryl methyl sites for hydroxylation is 1. The minimum absolute atomic E-state index is 1.05. The molecule has 0 spiro atoms. The molecule has 1 nitrogen and oxygen atoms in total. The van der Waals surface area contributed by atoms with Gasteiger partial charge in [-0.2, -0.15) is 0 Å². The van der Waals surface area contributed by atoms with E-state index in [9.17, 15) is 0 Å². The van der Waals surface area contributed by atoms with E-state index in [2.05, 4.69) is 42.2 Å². The molecule has 0 radical (unpaired) electrons. The zero-order valence-electron chi connectivity index (χ0n) is 8.12. The second kappa shape index (κ2) is 2.68. The van der Waals surface area contributed by atoms with E-state index in [1.807, 2.05) is 6.20 Å². The average Bonchev–Trinajstić information content (AvgIpc) is 2.59. The molecule has 0 amide bonds. The van der Waals surface area contributed by atoms with Crippen molar-refractivity contribution in [2.75, 3.05) is 0 Å². The molecule has 0 saturated heterocycles. The predicted octanol–water partition coefficient (Wildman–Crippen LogP) is 2.96. The lowest BCUT2D eigenvalue weighted by Crippen LogP contribution is -1.88. The second-order valence-corrected chi connectivity index (χ2v) is 3.76. The molecule has 0 bridgehead atoms. The summed E-state index contributed by atoms with van der Waals surface area (Å²) in [6.45, 7) is 2.09. The molecule has 0 aliphatic heterocycles. The van der Waals surface area contributed by atoms with Crippen LogP contribution in [0.15, 0.2) is 36.5 Å². The Morgan fingerprint density at radius 2 is 1.93 bits per heavy atom. The van der Waals surface area contributed by atoms with Gasteiger partial charge >= 0.3 is 0 Å².